The van der Waals surface area contributed by atoms with Gasteiger partial charge in [0.05, 0.1) is 10.6 Å². The van der Waals surface area contributed by atoms with Crippen LogP contribution in [0.2, 0.25) is 0 Å². The van der Waals surface area contributed by atoms with E-state index < -0.39 is 4.92 Å². The van der Waals surface area contributed by atoms with Crippen LogP contribution >= 0.6 is 12.2 Å². The lowest BCUT2D eigenvalue weighted by Crippen LogP contribution is -2.25. The molecule has 0 unspecified atom stereocenters. The summed E-state index contributed by atoms with van der Waals surface area (Å²) in [5.74, 6) is 0.472. The minimum atomic E-state index is -0.396. The third-order valence-electron chi connectivity index (χ3n) is 3.98. The van der Waals surface area contributed by atoms with E-state index in [0.717, 1.165) is 5.69 Å². The summed E-state index contributed by atoms with van der Waals surface area (Å²) >= 11 is 5.24. The number of nitro benzene ring substituents is 1. The first-order valence-electron chi connectivity index (χ1n) is 8.24. The Morgan fingerprint density at radius 2 is 1.85 bits per heavy atom. The van der Waals surface area contributed by atoms with Crippen molar-refractivity contribution in [3.8, 4) is 0 Å². The second kappa shape index (κ2) is 8.53. The Hall–Kier alpha value is -2.80. The third-order valence-corrected chi connectivity index (χ3v) is 4.18. The maximum atomic E-state index is 11.1. The number of benzene rings is 2. The summed E-state index contributed by atoms with van der Waals surface area (Å²) in [4.78, 5) is 10.7. The van der Waals surface area contributed by atoms with Gasteiger partial charge in [0.25, 0.3) is 5.69 Å². The van der Waals surface area contributed by atoms with Crippen LogP contribution in [0.25, 0.3) is 0 Å². The Balaban J connectivity index is 2.03. The van der Waals surface area contributed by atoms with Crippen molar-refractivity contribution in [3.63, 3.8) is 0 Å². The number of aryl methyl sites for hydroxylation is 1. The van der Waals surface area contributed by atoms with Crippen LogP contribution in [0.4, 0.5) is 11.4 Å². The molecule has 0 aromatic heterocycles. The Morgan fingerprint density at radius 3 is 2.42 bits per heavy atom. The van der Waals surface area contributed by atoms with Crippen LogP contribution in [-0.4, -0.2) is 15.7 Å². The van der Waals surface area contributed by atoms with E-state index in [-0.39, 0.29) is 5.69 Å². The highest BCUT2D eigenvalue weighted by Crippen LogP contribution is 2.20. The van der Waals surface area contributed by atoms with Crippen molar-refractivity contribution in [1.82, 2.24) is 5.43 Å². The summed E-state index contributed by atoms with van der Waals surface area (Å²) in [6.45, 7) is 7.75. The number of hydrazone groups is 1. The zero-order valence-corrected chi connectivity index (χ0v) is 16.1. The predicted molar refractivity (Wildman–Crippen MR) is 110 cm³/mol. The second-order valence-electron chi connectivity index (χ2n) is 6.30. The molecule has 0 aliphatic carbocycles. The van der Waals surface area contributed by atoms with Gasteiger partial charge in [-0.1, -0.05) is 38.1 Å². The van der Waals surface area contributed by atoms with Gasteiger partial charge in [0, 0.05) is 22.9 Å². The number of hydrogen-bond acceptors (Lipinski definition) is 4. The zero-order chi connectivity index (χ0) is 19.3. The summed E-state index contributed by atoms with van der Waals surface area (Å²) in [7, 11) is 0. The Kier molecular flexibility index (Phi) is 6.41. The van der Waals surface area contributed by atoms with Gasteiger partial charge in [-0.2, -0.15) is 5.10 Å². The maximum absolute atomic E-state index is 11.1. The number of anilines is 1. The van der Waals surface area contributed by atoms with Crippen molar-refractivity contribution in [3.05, 3.63) is 69.3 Å². The molecular weight excluding hydrogens is 348 g/mol. The Morgan fingerprint density at radius 1 is 1.19 bits per heavy atom. The molecule has 7 heteroatoms. The smallest absolute Gasteiger partial charge is 0.272 e. The van der Waals surface area contributed by atoms with E-state index in [2.05, 4.69) is 41.8 Å². The first kappa shape index (κ1) is 19.5. The van der Waals surface area contributed by atoms with Crippen LogP contribution in [0.3, 0.4) is 0 Å². The number of nitrogens with one attached hydrogen (secondary N) is 2. The van der Waals surface area contributed by atoms with E-state index in [1.54, 1.807) is 26.0 Å². The van der Waals surface area contributed by atoms with Crippen LogP contribution in [0, 0.1) is 17.0 Å². The van der Waals surface area contributed by atoms with Crippen LogP contribution in [0.5, 0.6) is 0 Å². The minimum Gasteiger partial charge on any atom is -0.331 e. The zero-order valence-electron chi connectivity index (χ0n) is 15.2. The molecule has 0 aliphatic heterocycles. The van der Waals surface area contributed by atoms with Gasteiger partial charge >= 0.3 is 0 Å². The molecule has 0 spiro atoms. The molecule has 0 bridgehead atoms. The lowest BCUT2D eigenvalue weighted by atomic mass is 10.0. The number of hydrogen-bond donors (Lipinski definition) is 2. The van der Waals surface area contributed by atoms with Gasteiger partial charge < -0.3 is 5.32 Å². The molecule has 0 saturated heterocycles. The predicted octanol–water partition coefficient (Wildman–Crippen LogP) is 4.74. The van der Waals surface area contributed by atoms with Crippen LogP contribution in [0.15, 0.2) is 47.6 Å². The molecule has 6 nitrogen and oxygen atoms in total. The topological polar surface area (TPSA) is 79.6 Å². The normalized spacial score (nSPS) is 11.3. The fraction of sp³-hybridized carbons (Fsp3) is 0.263. The van der Waals surface area contributed by atoms with E-state index >= 15 is 0 Å². The van der Waals surface area contributed by atoms with Crippen LogP contribution in [-0.2, 0) is 0 Å². The average Bonchev–Trinajstić information content (AvgIpc) is 2.60. The van der Waals surface area contributed by atoms with Gasteiger partial charge in [-0.15, -0.1) is 0 Å². The van der Waals surface area contributed by atoms with E-state index in [9.17, 15) is 10.1 Å². The molecule has 0 fully saturated rings. The molecule has 0 amide bonds. The number of thiocarbonyl (C=S) groups is 1. The fourth-order valence-electron chi connectivity index (χ4n) is 2.34. The summed E-state index contributed by atoms with van der Waals surface area (Å²) in [6.07, 6.45) is 0. The molecule has 2 aromatic rings. The molecule has 2 rings (SSSR count). The molecule has 0 saturated carbocycles. The average molecular weight is 370 g/mol. The van der Waals surface area contributed by atoms with Crippen molar-refractivity contribution in [2.24, 2.45) is 5.10 Å². The molecular formula is C19H22N4O2S. The lowest BCUT2D eigenvalue weighted by Gasteiger charge is -2.10. The van der Waals surface area contributed by atoms with Crippen molar-refractivity contribution in [1.29, 1.82) is 0 Å². The largest absolute Gasteiger partial charge is 0.331 e. The SMILES string of the molecule is C/C(=N\NC(=S)Nc1ccc(C(C)C)cc1)c1ccc(C)c([N+](=O)[O-])c1. The summed E-state index contributed by atoms with van der Waals surface area (Å²) in [5, 5.41) is 18.7. The summed E-state index contributed by atoms with van der Waals surface area (Å²) in [6, 6.07) is 13.0. The molecule has 2 aromatic carbocycles. The third kappa shape index (κ3) is 5.10. The molecule has 0 heterocycles. The highest BCUT2D eigenvalue weighted by atomic mass is 32.1. The standard InChI is InChI=1S/C19H22N4O2S/c1-12(2)15-7-9-17(10-8-15)20-19(26)22-21-14(4)16-6-5-13(3)18(11-16)23(24)25/h5-12H,1-4H3,(H2,20,22,26)/b21-14+. The summed E-state index contributed by atoms with van der Waals surface area (Å²) < 4.78 is 0. The highest BCUT2D eigenvalue weighted by Gasteiger charge is 2.12. The van der Waals surface area contributed by atoms with Gasteiger partial charge in [0.15, 0.2) is 5.11 Å². The minimum absolute atomic E-state index is 0.0722. The maximum Gasteiger partial charge on any atom is 0.272 e. The first-order chi connectivity index (χ1) is 12.3. The number of rotatable bonds is 5. The summed E-state index contributed by atoms with van der Waals surface area (Å²) in [5.41, 5.74) is 6.84. The van der Waals surface area contributed by atoms with Crippen molar-refractivity contribution in [2.75, 3.05) is 5.32 Å². The van der Waals surface area contributed by atoms with E-state index in [1.807, 2.05) is 12.1 Å². The van der Waals surface area contributed by atoms with E-state index in [4.69, 9.17) is 12.2 Å². The molecule has 0 radical (unpaired) electrons. The quantitative estimate of drug-likeness (QED) is 0.344. The van der Waals surface area contributed by atoms with Gasteiger partial charge in [-0.05, 0) is 49.7 Å². The van der Waals surface area contributed by atoms with E-state index in [1.165, 1.54) is 11.6 Å². The first-order valence-corrected chi connectivity index (χ1v) is 8.65. The van der Waals surface area contributed by atoms with Gasteiger partial charge in [-0.3, -0.25) is 15.5 Å². The molecule has 26 heavy (non-hydrogen) atoms. The molecule has 2 N–H and O–H groups in total. The van der Waals surface area contributed by atoms with E-state index in [0.29, 0.717) is 27.9 Å². The second-order valence-corrected chi connectivity index (χ2v) is 6.71. The highest BCUT2D eigenvalue weighted by molar-refractivity contribution is 7.80. The van der Waals surface area contributed by atoms with Crippen molar-refractivity contribution >= 4 is 34.4 Å². The Labute approximate surface area is 158 Å². The monoisotopic (exact) mass is 370 g/mol. The van der Waals surface area contributed by atoms with Crippen molar-refractivity contribution in [2.45, 2.75) is 33.6 Å². The lowest BCUT2D eigenvalue weighted by molar-refractivity contribution is -0.385. The fourth-order valence-corrected chi connectivity index (χ4v) is 2.50. The molecule has 0 atom stereocenters. The van der Waals surface area contributed by atoms with Crippen LogP contribution in [0.1, 0.15) is 43.4 Å². The van der Waals surface area contributed by atoms with Gasteiger partial charge in [0.1, 0.15) is 0 Å². The van der Waals surface area contributed by atoms with Gasteiger partial charge in [-0.25, -0.2) is 0 Å². The van der Waals surface area contributed by atoms with Crippen LogP contribution < -0.4 is 10.7 Å². The molecule has 0 aliphatic rings. The number of nitrogens with zero attached hydrogens (tertiary/aromatic N) is 2. The number of nitro groups is 1. The Bertz CT molecular complexity index is 845. The molecule has 136 valence electrons. The van der Waals surface area contributed by atoms with Crippen molar-refractivity contribution < 1.29 is 4.92 Å². The van der Waals surface area contributed by atoms with Gasteiger partial charge in [0.2, 0.25) is 0 Å².